The van der Waals surface area contributed by atoms with Crippen molar-refractivity contribution in [2.24, 2.45) is 11.1 Å². The third-order valence-corrected chi connectivity index (χ3v) is 5.61. The molecule has 2 aromatic heterocycles. The maximum Gasteiger partial charge on any atom is 0.247 e. The van der Waals surface area contributed by atoms with E-state index >= 15 is 0 Å². The summed E-state index contributed by atoms with van der Waals surface area (Å²) in [7, 11) is 0. The molecule has 7 nitrogen and oxygen atoms in total. The number of benzene rings is 1. The Labute approximate surface area is 176 Å². The van der Waals surface area contributed by atoms with Crippen LogP contribution in [0.15, 0.2) is 53.2 Å². The second-order valence-corrected chi connectivity index (χ2v) is 7.54. The van der Waals surface area contributed by atoms with Gasteiger partial charge in [0.15, 0.2) is 0 Å². The fourth-order valence-corrected chi connectivity index (χ4v) is 3.55. The van der Waals surface area contributed by atoms with Crippen LogP contribution in [-0.2, 0) is 10.3 Å². The molecule has 2 unspecified atom stereocenters. The number of aromatic nitrogens is 3. The molecule has 4 rings (SSSR count). The highest BCUT2D eigenvalue weighted by atomic mass is 35.5. The van der Waals surface area contributed by atoms with E-state index in [0.29, 0.717) is 41.9 Å². The van der Waals surface area contributed by atoms with Crippen LogP contribution in [0.25, 0.3) is 11.4 Å². The summed E-state index contributed by atoms with van der Waals surface area (Å²) < 4.78 is 17.3. The Hall–Kier alpha value is -2.48. The highest BCUT2D eigenvalue weighted by Gasteiger charge is 2.62. The molecule has 8 heteroatoms. The molecule has 0 bridgehead atoms. The monoisotopic (exact) mass is 416 g/mol. The molecule has 29 heavy (non-hydrogen) atoms. The molecule has 0 amide bonds. The Bertz CT molecular complexity index is 963. The van der Waals surface area contributed by atoms with E-state index in [0.717, 1.165) is 0 Å². The molecule has 2 N–H and O–H groups in total. The molecule has 1 aliphatic rings. The number of para-hydroxylation sites is 1. The molecular formula is C21H25ClN4O3. The molecule has 2 atom stereocenters. The highest BCUT2D eigenvalue weighted by Crippen LogP contribution is 2.55. The van der Waals surface area contributed by atoms with Crippen LogP contribution in [0.2, 0.25) is 0 Å². The van der Waals surface area contributed by atoms with Crippen LogP contribution >= 0.6 is 12.4 Å². The standard InChI is InChI=1S/C21H24N4O3.ClH/c1-4-26-16-13-21(22,20(16,2)3)19-24-17(25-28-19)15-11-8-12-23-18(15)27-14-9-6-5-7-10-14;/h5-12,16H,4,13,22H2,1-3H3;1H. The summed E-state index contributed by atoms with van der Waals surface area (Å²) in [5.41, 5.74) is 6.24. The first-order chi connectivity index (χ1) is 13.5. The van der Waals surface area contributed by atoms with Gasteiger partial charge in [-0.15, -0.1) is 12.4 Å². The number of nitrogens with zero attached hydrogens (tertiary/aromatic N) is 3. The quantitative estimate of drug-likeness (QED) is 0.638. The van der Waals surface area contributed by atoms with Gasteiger partial charge < -0.3 is 19.7 Å². The van der Waals surface area contributed by atoms with Crippen molar-refractivity contribution in [2.75, 3.05) is 6.61 Å². The average Bonchev–Trinajstić information content (AvgIpc) is 3.19. The SMILES string of the molecule is CCOC1CC(N)(c2nc(-c3cccnc3Oc3ccccc3)no2)C1(C)C.Cl. The van der Waals surface area contributed by atoms with Gasteiger partial charge in [0.25, 0.3) is 0 Å². The normalized spacial score (nSPS) is 22.4. The van der Waals surface area contributed by atoms with Gasteiger partial charge in [0.1, 0.15) is 11.3 Å². The Morgan fingerprint density at radius 3 is 2.62 bits per heavy atom. The maximum atomic E-state index is 6.65. The first-order valence-electron chi connectivity index (χ1n) is 9.38. The Morgan fingerprint density at radius 2 is 1.93 bits per heavy atom. The Morgan fingerprint density at radius 1 is 1.17 bits per heavy atom. The van der Waals surface area contributed by atoms with Crippen LogP contribution in [0.5, 0.6) is 11.6 Å². The van der Waals surface area contributed by atoms with E-state index in [2.05, 4.69) is 29.0 Å². The summed E-state index contributed by atoms with van der Waals surface area (Å²) >= 11 is 0. The number of pyridine rings is 1. The van der Waals surface area contributed by atoms with Crippen molar-refractivity contribution < 1.29 is 14.0 Å². The van der Waals surface area contributed by atoms with Crippen LogP contribution in [0.1, 0.15) is 33.1 Å². The van der Waals surface area contributed by atoms with E-state index < -0.39 is 5.54 Å². The van der Waals surface area contributed by atoms with Crippen molar-refractivity contribution in [3.8, 4) is 23.0 Å². The van der Waals surface area contributed by atoms with Crippen molar-refractivity contribution in [1.82, 2.24) is 15.1 Å². The van der Waals surface area contributed by atoms with E-state index in [-0.39, 0.29) is 23.9 Å². The van der Waals surface area contributed by atoms with Crippen molar-refractivity contribution in [1.29, 1.82) is 0 Å². The summed E-state index contributed by atoms with van der Waals surface area (Å²) in [4.78, 5) is 8.91. The Balaban J connectivity index is 0.00000240. The van der Waals surface area contributed by atoms with Gasteiger partial charge in [-0.1, -0.05) is 37.2 Å². The average molecular weight is 417 g/mol. The fourth-order valence-electron chi connectivity index (χ4n) is 3.55. The lowest BCUT2D eigenvalue weighted by Gasteiger charge is -2.56. The number of nitrogens with two attached hydrogens (primary N) is 1. The predicted molar refractivity (Wildman–Crippen MR) is 111 cm³/mol. The van der Waals surface area contributed by atoms with Gasteiger partial charge in [-0.25, -0.2) is 4.98 Å². The topological polar surface area (TPSA) is 96.3 Å². The van der Waals surface area contributed by atoms with Crippen LogP contribution in [0, 0.1) is 5.41 Å². The van der Waals surface area contributed by atoms with Crippen molar-refractivity contribution in [2.45, 2.75) is 38.8 Å². The smallest absolute Gasteiger partial charge is 0.247 e. The van der Waals surface area contributed by atoms with Gasteiger partial charge in [0.2, 0.25) is 17.6 Å². The molecule has 0 aliphatic heterocycles. The summed E-state index contributed by atoms with van der Waals surface area (Å²) in [5.74, 6) is 1.89. The largest absolute Gasteiger partial charge is 0.438 e. The molecule has 1 aromatic carbocycles. The van der Waals surface area contributed by atoms with E-state index in [1.165, 1.54) is 0 Å². The van der Waals surface area contributed by atoms with Gasteiger partial charge in [-0.05, 0) is 31.2 Å². The third-order valence-electron chi connectivity index (χ3n) is 5.61. The molecule has 0 spiro atoms. The second-order valence-electron chi connectivity index (χ2n) is 7.54. The zero-order valence-corrected chi connectivity index (χ0v) is 17.5. The fraction of sp³-hybridized carbons (Fsp3) is 0.381. The molecular weight excluding hydrogens is 392 g/mol. The summed E-state index contributed by atoms with van der Waals surface area (Å²) in [6.07, 6.45) is 2.36. The number of hydrogen-bond acceptors (Lipinski definition) is 7. The van der Waals surface area contributed by atoms with E-state index in [9.17, 15) is 0 Å². The number of hydrogen-bond donors (Lipinski definition) is 1. The maximum absolute atomic E-state index is 6.65. The zero-order chi connectivity index (χ0) is 19.8. The summed E-state index contributed by atoms with van der Waals surface area (Å²) in [6.45, 7) is 6.76. The van der Waals surface area contributed by atoms with E-state index in [1.54, 1.807) is 12.3 Å². The lowest BCUT2D eigenvalue weighted by atomic mass is 9.54. The van der Waals surface area contributed by atoms with E-state index in [4.69, 9.17) is 19.7 Å². The first-order valence-corrected chi connectivity index (χ1v) is 9.38. The van der Waals surface area contributed by atoms with Crippen molar-refractivity contribution >= 4 is 12.4 Å². The van der Waals surface area contributed by atoms with Gasteiger partial charge in [0.05, 0.1) is 11.7 Å². The predicted octanol–water partition coefficient (Wildman–Crippen LogP) is 4.33. The minimum Gasteiger partial charge on any atom is -0.438 e. The molecule has 1 saturated carbocycles. The van der Waals surface area contributed by atoms with Gasteiger partial charge >= 0.3 is 0 Å². The van der Waals surface area contributed by atoms with Gasteiger partial charge in [-0.2, -0.15) is 4.98 Å². The minimum absolute atomic E-state index is 0. The summed E-state index contributed by atoms with van der Waals surface area (Å²) in [5, 5.41) is 4.15. The molecule has 1 aliphatic carbocycles. The number of halogens is 1. The van der Waals surface area contributed by atoms with Crippen LogP contribution in [0.3, 0.4) is 0 Å². The molecule has 154 valence electrons. The molecule has 3 aromatic rings. The molecule has 1 fully saturated rings. The van der Waals surface area contributed by atoms with Crippen LogP contribution in [0.4, 0.5) is 0 Å². The molecule has 0 saturated heterocycles. The number of rotatable bonds is 6. The van der Waals surface area contributed by atoms with Crippen LogP contribution < -0.4 is 10.5 Å². The lowest BCUT2D eigenvalue weighted by Crippen LogP contribution is -2.67. The minimum atomic E-state index is -0.735. The number of ether oxygens (including phenoxy) is 2. The van der Waals surface area contributed by atoms with Crippen molar-refractivity contribution in [3.05, 3.63) is 54.6 Å². The highest BCUT2D eigenvalue weighted by molar-refractivity contribution is 5.85. The van der Waals surface area contributed by atoms with E-state index in [1.807, 2.05) is 43.3 Å². The molecule has 2 heterocycles. The molecule has 0 radical (unpaired) electrons. The zero-order valence-electron chi connectivity index (χ0n) is 16.7. The van der Waals surface area contributed by atoms with Gasteiger partial charge in [0, 0.05) is 24.6 Å². The van der Waals surface area contributed by atoms with Crippen molar-refractivity contribution in [3.63, 3.8) is 0 Å². The lowest BCUT2D eigenvalue weighted by molar-refractivity contribution is -0.162. The summed E-state index contributed by atoms with van der Waals surface area (Å²) in [6, 6.07) is 13.1. The van der Waals surface area contributed by atoms with Gasteiger partial charge in [-0.3, -0.25) is 0 Å². The first kappa shape index (κ1) is 21.2. The second kappa shape index (κ2) is 8.10. The van der Waals surface area contributed by atoms with Crippen LogP contribution in [-0.4, -0.2) is 27.8 Å². The Kier molecular flexibility index (Phi) is 5.93. The third kappa shape index (κ3) is 3.61.